The van der Waals surface area contributed by atoms with Crippen LogP contribution in [0, 0.1) is 11.8 Å². The van der Waals surface area contributed by atoms with Gasteiger partial charge in [0.1, 0.15) is 0 Å². The summed E-state index contributed by atoms with van der Waals surface area (Å²) in [6.45, 7) is 5.70. The molecule has 2 aromatic rings. The molecule has 2 heterocycles. The molecule has 0 saturated carbocycles. The SMILES string of the molecule is CC(C)CN1C[C@@H](C(=O)NCc2ccc3c(c2)n(C)c(=O)n3C)CC1=O. The molecule has 0 bridgehead atoms. The summed E-state index contributed by atoms with van der Waals surface area (Å²) >= 11 is 0. The van der Waals surface area contributed by atoms with Gasteiger partial charge in [-0.25, -0.2) is 4.79 Å². The Hall–Kier alpha value is -2.57. The second-order valence-corrected chi connectivity index (χ2v) is 7.54. The number of aryl methyl sites for hydroxylation is 2. The number of rotatable bonds is 5. The van der Waals surface area contributed by atoms with Gasteiger partial charge in [0.05, 0.1) is 17.0 Å². The first kappa shape index (κ1) is 18.2. The fourth-order valence-corrected chi connectivity index (χ4v) is 3.56. The van der Waals surface area contributed by atoms with Gasteiger partial charge in [-0.3, -0.25) is 18.7 Å². The highest BCUT2D eigenvalue weighted by molar-refractivity contribution is 5.89. The molecule has 7 nitrogen and oxygen atoms in total. The van der Waals surface area contributed by atoms with E-state index < -0.39 is 0 Å². The largest absolute Gasteiger partial charge is 0.352 e. The molecule has 1 aromatic carbocycles. The quantitative estimate of drug-likeness (QED) is 0.866. The van der Waals surface area contributed by atoms with E-state index in [4.69, 9.17) is 0 Å². The molecule has 0 aliphatic carbocycles. The highest BCUT2D eigenvalue weighted by atomic mass is 16.2. The molecule has 3 rings (SSSR count). The van der Waals surface area contributed by atoms with Gasteiger partial charge in [0.2, 0.25) is 11.8 Å². The number of carbonyl (C=O) groups excluding carboxylic acids is 2. The Morgan fingerprint density at radius 2 is 1.88 bits per heavy atom. The molecule has 1 aliphatic heterocycles. The number of nitrogens with one attached hydrogen (secondary N) is 1. The second-order valence-electron chi connectivity index (χ2n) is 7.54. The Bertz CT molecular complexity index is 909. The molecule has 26 heavy (non-hydrogen) atoms. The van der Waals surface area contributed by atoms with E-state index in [1.165, 1.54) is 0 Å². The predicted molar refractivity (Wildman–Crippen MR) is 99.5 cm³/mol. The lowest BCUT2D eigenvalue weighted by Crippen LogP contribution is -2.33. The molecule has 1 aliphatic rings. The van der Waals surface area contributed by atoms with Gasteiger partial charge in [-0.15, -0.1) is 0 Å². The average molecular weight is 358 g/mol. The standard InChI is InChI=1S/C19H26N4O3/c1-12(2)10-23-11-14(8-17(23)24)18(25)20-9-13-5-6-15-16(7-13)22(4)19(26)21(15)3/h5-7,12,14H,8-11H2,1-4H3,(H,20,25)/t14-/m0/s1. The molecule has 0 spiro atoms. The highest BCUT2D eigenvalue weighted by Gasteiger charge is 2.34. The van der Waals surface area contributed by atoms with Crippen molar-refractivity contribution in [2.24, 2.45) is 25.9 Å². The maximum atomic E-state index is 12.4. The van der Waals surface area contributed by atoms with E-state index in [2.05, 4.69) is 19.2 Å². The highest BCUT2D eigenvalue weighted by Crippen LogP contribution is 2.20. The van der Waals surface area contributed by atoms with Gasteiger partial charge in [-0.1, -0.05) is 19.9 Å². The maximum absolute atomic E-state index is 12.4. The topological polar surface area (TPSA) is 76.3 Å². The fourth-order valence-electron chi connectivity index (χ4n) is 3.56. The number of likely N-dealkylation sites (tertiary alicyclic amines) is 1. The molecule has 0 unspecified atom stereocenters. The van der Waals surface area contributed by atoms with Gasteiger partial charge in [0, 0.05) is 40.2 Å². The molecule has 1 atom stereocenters. The zero-order chi connectivity index (χ0) is 19.0. The molecule has 0 radical (unpaired) electrons. The third-order valence-electron chi connectivity index (χ3n) is 4.97. The van der Waals surface area contributed by atoms with E-state index in [1.807, 2.05) is 18.2 Å². The Labute approximate surface area is 152 Å². The van der Waals surface area contributed by atoms with Crippen molar-refractivity contribution >= 4 is 22.8 Å². The molecule has 2 amide bonds. The molecule has 1 N–H and O–H groups in total. The first-order valence-corrected chi connectivity index (χ1v) is 8.97. The predicted octanol–water partition coefficient (Wildman–Crippen LogP) is 0.998. The number of nitrogens with zero attached hydrogens (tertiary/aromatic N) is 3. The smallest absolute Gasteiger partial charge is 0.328 e. The van der Waals surface area contributed by atoms with Crippen LogP contribution in [-0.2, 0) is 30.2 Å². The van der Waals surface area contributed by atoms with Gasteiger partial charge >= 0.3 is 5.69 Å². The number of amides is 2. The van der Waals surface area contributed by atoms with Gasteiger partial charge in [-0.05, 0) is 23.6 Å². The van der Waals surface area contributed by atoms with Crippen LogP contribution in [0.25, 0.3) is 11.0 Å². The van der Waals surface area contributed by atoms with E-state index in [0.717, 1.165) is 16.6 Å². The van der Waals surface area contributed by atoms with Crippen molar-refractivity contribution in [3.63, 3.8) is 0 Å². The van der Waals surface area contributed by atoms with Crippen LogP contribution in [0.3, 0.4) is 0 Å². The van der Waals surface area contributed by atoms with Gasteiger partial charge in [-0.2, -0.15) is 0 Å². The summed E-state index contributed by atoms with van der Waals surface area (Å²) in [6.07, 6.45) is 0.283. The summed E-state index contributed by atoms with van der Waals surface area (Å²) in [4.78, 5) is 38.2. The summed E-state index contributed by atoms with van der Waals surface area (Å²) in [5, 5.41) is 2.93. The summed E-state index contributed by atoms with van der Waals surface area (Å²) in [5.74, 6) is 0.0716. The maximum Gasteiger partial charge on any atom is 0.328 e. The van der Waals surface area contributed by atoms with Crippen molar-refractivity contribution in [1.82, 2.24) is 19.4 Å². The minimum atomic E-state index is -0.286. The summed E-state index contributed by atoms with van der Waals surface area (Å²) in [5.41, 5.74) is 2.55. The van der Waals surface area contributed by atoms with Crippen molar-refractivity contribution in [3.05, 3.63) is 34.2 Å². The molecule has 1 saturated heterocycles. The second kappa shape index (κ2) is 6.97. The van der Waals surface area contributed by atoms with Gasteiger partial charge in [0.25, 0.3) is 0 Å². The first-order chi connectivity index (χ1) is 12.3. The molecule has 140 valence electrons. The number of hydrogen-bond acceptors (Lipinski definition) is 3. The van der Waals surface area contributed by atoms with Crippen molar-refractivity contribution in [2.75, 3.05) is 13.1 Å². The fraction of sp³-hybridized carbons (Fsp3) is 0.526. The molecule has 1 aromatic heterocycles. The third kappa shape index (κ3) is 3.38. The van der Waals surface area contributed by atoms with Crippen LogP contribution in [0.2, 0.25) is 0 Å². The molecular weight excluding hydrogens is 332 g/mol. The Morgan fingerprint density at radius 1 is 1.19 bits per heavy atom. The lowest BCUT2D eigenvalue weighted by molar-refractivity contribution is -0.129. The first-order valence-electron chi connectivity index (χ1n) is 8.97. The van der Waals surface area contributed by atoms with E-state index in [0.29, 0.717) is 25.6 Å². The summed E-state index contributed by atoms with van der Waals surface area (Å²) in [6, 6.07) is 5.72. The number of benzene rings is 1. The van der Waals surface area contributed by atoms with Crippen LogP contribution in [0.4, 0.5) is 0 Å². The van der Waals surface area contributed by atoms with Crippen LogP contribution < -0.4 is 11.0 Å². The number of fused-ring (bicyclic) bond motifs is 1. The van der Waals surface area contributed by atoms with E-state index >= 15 is 0 Å². The number of imidazole rings is 1. The van der Waals surface area contributed by atoms with E-state index in [-0.39, 0.29) is 29.8 Å². The summed E-state index contributed by atoms with van der Waals surface area (Å²) < 4.78 is 3.20. The number of hydrogen-bond donors (Lipinski definition) is 1. The lowest BCUT2D eigenvalue weighted by Gasteiger charge is -2.18. The van der Waals surface area contributed by atoms with E-state index in [9.17, 15) is 14.4 Å². The Balaban J connectivity index is 1.65. The summed E-state index contributed by atoms with van der Waals surface area (Å²) in [7, 11) is 3.48. The monoisotopic (exact) mass is 358 g/mol. The molecular formula is C19H26N4O3. The van der Waals surface area contributed by atoms with Gasteiger partial charge in [0.15, 0.2) is 0 Å². The lowest BCUT2D eigenvalue weighted by atomic mass is 10.1. The van der Waals surface area contributed by atoms with Crippen LogP contribution in [0.5, 0.6) is 0 Å². The average Bonchev–Trinajstić information content (AvgIpc) is 3.06. The zero-order valence-electron chi connectivity index (χ0n) is 15.8. The Kier molecular flexibility index (Phi) is 4.89. The zero-order valence-corrected chi connectivity index (χ0v) is 15.8. The normalized spacial score (nSPS) is 17.5. The Morgan fingerprint density at radius 3 is 2.58 bits per heavy atom. The van der Waals surface area contributed by atoms with Crippen molar-refractivity contribution in [1.29, 1.82) is 0 Å². The van der Waals surface area contributed by atoms with Crippen LogP contribution in [0.15, 0.2) is 23.0 Å². The van der Waals surface area contributed by atoms with Crippen LogP contribution in [-0.4, -0.2) is 38.9 Å². The number of aromatic nitrogens is 2. The van der Waals surface area contributed by atoms with Gasteiger partial charge < -0.3 is 10.2 Å². The van der Waals surface area contributed by atoms with Crippen molar-refractivity contribution < 1.29 is 9.59 Å². The van der Waals surface area contributed by atoms with Crippen LogP contribution >= 0.6 is 0 Å². The van der Waals surface area contributed by atoms with Crippen molar-refractivity contribution in [3.8, 4) is 0 Å². The van der Waals surface area contributed by atoms with E-state index in [1.54, 1.807) is 28.1 Å². The molecule has 7 heteroatoms. The third-order valence-corrected chi connectivity index (χ3v) is 4.97. The molecule has 1 fully saturated rings. The van der Waals surface area contributed by atoms with Crippen LogP contribution in [0.1, 0.15) is 25.8 Å². The minimum absolute atomic E-state index is 0.0551. The minimum Gasteiger partial charge on any atom is -0.352 e. The van der Waals surface area contributed by atoms with Crippen molar-refractivity contribution in [2.45, 2.75) is 26.8 Å². The number of carbonyl (C=O) groups is 2.